The molecular weight excluding hydrogens is 269 g/mol. The van der Waals surface area contributed by atoms with Crippen molar-refractivity contribution in [3.05, 3.63) is 35.1 Å². The summed E-state index contributed by atoms with van der Waals surface area (Å²) in [7, 11) is 1.50. The fraction of sp³-hybridized carbons (Fsp3) is 0.500. The lowest BCUT2D eigenvalue weighted by Crippen LogP contribution is -2.42. The third-order valence-corrected chi connectivity index (χ3v) is 3.96. The first-order chi connectivity index (χ1) is 9.45. The van der Waals surface area contributed by atoms with Gasteiger partial charge in [-0.25, -0.2) is 13.2 Å². The van der Waals surface area contributed by atoms with Gasteiger partial charge in [0.2, 0.25) is 0 Å². The lowest BCUT2D eigenvalue weighted by Gasteiger charge is -2.29. The number of nitrogens with two attached hydrogens (primary N) is 1. The van der Waals surface area contributed by atoms with Crippen molar-refractivity contribution >= 4 is 5.91 Å². The molecule has 1 fully saturated rings. The Hall–Kier alpha value is -1.56. The van der Waals surface area contributed by atoms with Crippen molar-refractivity contribution in [3.63, 3.8) is 0 Å². The van der Waals surface area contributed by atoms with Crippen molar-refractivity contribution in [1.29, 1.82) is 0 Å². The predicted molar refractivity (Wildman–Crippen MR) is 68.6 cm³/mol. The number of rotatable bonds is 3. The summed E-state index contributed by atoms with van der Waals surface area (Å²) in [4.78, 5) is 13.6. The quantitative estimate of drug-likeness (QED) is 0.926. The molecule has 1 aromatic carbocycles. The monoisotopic (exact) mass is 286 g/mol. The van der Waals surface area contributed by atoms with Crippen LogP contribution in [0.15, 0.2) is 12.1 Å². The van der Waals surface area contributed by atoms with Crippen LogP contribution in [0.5, 0.6) is 0 Å². The van der Waals surface area contributed by atoms with Crippen molar-refractivity contribution in [2.45, 2.75) is 25.3 Å². The number of carbonyl (C=O) groups excluding carboxylic acids is 1. The van der Waals surface area contributed by atoms with Crippen LogP contribution in [0.25, 0.3) is 0 Å². The van der Waals surface area contributed by atoms with Crippen LogP contribution < -0.4 is 5.73 Å². The Labute approximate surface area is 115 Å². The third-order valence-electron chi connectivity index (χ3n) is 3.96. The Morgan fingerprint density at radius 1 is 1.30 bits per heavy atom. The molecule has 6 heteroatoms. The Bertz CT molecular complexity index is 498. The first-order valence-electron chi connectivity index (χ1n) is 6.57. The summed E-state index contributed by atoms with van der Waals surface area (Å²) in [5.41, 5.74) is 4.93. The van der Waals surface area contributed by atoms with Crippen LogP contribution in [-0.4, -0.2) is 30.4 Å². The average Bonchev–Trinajstić information content (AvgIpc) is 2.84. The zero-order chi connectivity index (χ0) is 14.9. The molecule has 1 aromatic rings. The van der Waals surface area contributed by atoms with Crippen LogP contribution >= 0.6 is 0 Å². The summed E-state index contributed by atoms with van der Waals surface area (Å²) in [6, 6.07) is 0.898. The molecule has 0 spiro atoms. The van der Waals surface area contributed by atoms with E-state index in [1.807, 2.05) is 0 Å². The number of nitrogens with zero attached hydrogens (tertiary/aromatic N) is 1. The van der Waals surface area contributed by atoms with Crippen LogP contribution in [0.3, 0.4) is 0 Å². The van der Waals surface area contributed by atoms with Gasteiger partial charge in [0, 0.05) is 25.2 Å². The van der Waals surface area contributed by atoms with E-state index in [-0.39, 0.29) is 12.0 Å². The highest BCUT2D eigenvalue weighted by molar-refractivity contribution is 5.94. The fourth-order valence-electron chi connectivity index (χ4n) is 2.88. The van der Waals surface area contributed by atoms with Gasteiger partial charge in [0.25, 0.3) is 5.91 Å². The maximum Gasteiger partial charge on any atom is 0.259 e. The van der Waals surface area contributed by atoms with Gasteiger partial charge in [-0.05, 0) is 25.3 Å². The Kier molecular flexibility index (Phi) is 4.32. The number of hydrogen-bond donors (Lipinski definition) is 1. The number of carbonyl (C=O) groups is 1. The molecule has 0 saturated heterocycles. The van der Waals surface area contributed by atoms with E-state index in [1.54, 1.807) is 0 Å². The van der Waals surface area contributed by atoms with Crippen LogP contribution in [0, 0.1) is 23.4 Å². The van der Waals surface area contributed by atoms with Gasteiger partial charge in [0.15, 0.2) is 0 Å². The molecule has 0 aromatic heterocycles. The molecule has 20 heavy (non-hydrogen) atoms. The minimum Gasteiger partial charge on any atom is -0.338 e. The number of hydrogen-bond acceptors (Lipinski definition) is 2. The molecule has 0 bridgehead atoms. The minimum absolute atomic E-state index is 0.128. The summed E-state index contributed by atoms with van der Waals surface area (Å²) in [6.07, 6.45) is 2.58. The molecule has 0 heterocycles. The van der Waals surface area contributed by atoms with Crippen molar-refractivity contribution in [3.8, 4) is 0 Å². The highest BCUT2D eigenvalue weighted by Crippen LogP contribution is 2.30. The minimum atomic E-state index is -1.18. The van der Waals surface area contributed by atoms with E-state index in [0.717, 1.165) is 19.3 Å². The second-order valence-electron chi connectivity index (χ2n) is 5.15. The smallest absolute Gasteiger partial charge is 0.259 e. The second kappa shape index (κ2) is 5.83. The number of benzene rings is 1. The van der Waals surface area contributed by atoms with E-state index in [0.29, 0.717) is 18.7 Å². The van der Waals surface area contributed by atoms with Gasteiger partial charge in [-0.15, -0.1) is 0 Å². The van der Waals surface area contributed by atoms with Crippen molar-refractivity contribution in [1.82, 2.24) is 4.90 Å². The van der Waals surface area contributed by atoms with E-state index in [2.05, 4.69) is 0 Å². The van der Waals surface area contributed by atoms with Crippen LogP contribution in [0.4, 0.5) is 13.2 Å². The molecule has 1 aliphatic carbocycles. The Morgan fingerprint density at radius 3 is 2.45 bits per heavy atom. The van der Waals surface area contributed by atoms with Gasteiger partial charge in [0.1, 0.15) is 23.0 Å². The highest BCUT2D eigenvalue weighted by atomic mass is 19.1. The van der Waals surface area contributed by atoms with Crippen molar-refractivity contribution in [2.75, 3.05) is 13.6 Å². The normalized spacial score (nSPS) is 22.1. The maximum absolute atomic E-state index is 13.6. The molecule has 1 saturated carbocycles. The van der Waals surface area contributed by atoms with Crippen LogP contribution in [0.2, 0.25) is 0 Å². The summed E-state index contributed by atoms with van der Waals surface area (Å²) in [5.74, 6) is -4.04. The van der Waals surface area contributed by atoms with Crippen molar-refractivity contribution < 1.29 is 18.0 Å². The molecule has 2 rings (SSSR count). The molecule has 1 amide bonds. The Morgan fingerprint density at radius 2 is 1.90 bits per heavy atom. The van der Waals surface area contributed by atoms with E-state index in [9.17, 15) is 18.0 Å². The average molecular weight is 286 g/mol. The highest BCUT2D eigenvalue weighted by Gasteiger charge is 2.34. The molecule has 0 radical (unpaired) electrons. The summed E-state index contributed by atoms with van der Waals surface area (Å²) in [5, 5.41) is 0. The largest absolute Gasteiger partial charge is 0.338 e. The fourth-order valence-corrected chi connectivity index (χ4v) is 2.88. The Balaban J connectivity index is 2.27. The van der Waals surface area contributed by atoms with E-state index < -0.39 is 28.9 Å². The lowest BCUT2D eigenvalue weighted by atomic mass is 10.0. The first kappa shape index (κ1) is 14.8. The van der Waals surface area contributed by atoms with Gasteiger partial charge < -0.3 is 10.6 Å². The molecular formula is C14H17F3N2O. The zero-order valence-corrected chi connectivity index (χ0v) is 11.2. The molecule has 2 unspecified atom stereocenters. The lowest BCUT2D eigenvalue weighted by molar-refractivity contribution is 0.0690. The maximum atomic E-state index is 13.6. The van der Waals surface area contributed by atoms with E-state index in [1.165, 1.54) is 11.9 Å². The van der Waals surface area contributed by atoms with Gasteiger partial charge in [-0.3, -0.25) is 4.79 Å². The molecule has 1 aliphatic rings. The van der Waals surface area contributed by atoms with Gasteiger partial charge in [0.05, 0.1) is 0 Å². The standard InChI is InChI=1S/C14H17F3N2O/c1-19(12-4-2-3-8(12)7-18)14(20)13-10(16)5-9(15)6-11(13)17/h5-6,8,12H,2-4,7,18H2,1H3. The molecule has 3 nitrogen and oxygen atoms in total. The molecule has 0 aliphatic heterocycles. The molecule has 110 valence electrons. The van der Waals surface area contributed by atoms with Crippen molar-refractivity contribution in [2.24, 2.45) is 11.7 Å². The third kappa shape index (κ3) is 2.65. The van der Waals surface area contributed by atoms with Crippen LogP contribution in [-0.2, 0) is 0 Å². The summed E-state index contributed by atoms with van der Waals surface area (Å²) >= 11 is 0. The van der Waals surface area contributed by atoms with E-state index in [4.69, 9.17) is 5.73 Å². The number of amides is 1. The predicted octanol–water partition coefficient (Wildman–Crippen LogP) is 2.30. The van der Waals surface area contributed by atoms with Crippen LogP contribution in [0.1, 0.15) is 29.6 Å². The number of halogens is 3. The van der Waals surface area contributed by atoms with Gasteiger partial charge >= 0.3 is 0 Å². The van der Waals surface area contributed by atoms with Gasteiger partial charge in [-0.1, -0.05) is 6.42 Å². The molecule has 2 N–H and O–H groups in total. The molecule has 2 atom stereocenters. The second-order valence-corrected chi connectivity index (χ2v) is 5.15. The summed E-state index contributed by atoms with van der Waals surface area (Å²) in [6.45, 7) is 0.427. The van der Waals surface area contributed by atoms with E-state index >= 15 is 0 Å². The first-order valence-corrected chi connectivity index (χ1v) is 6.57. The van der Waals surface area contributed by atoms with Gasteiger partial charge in [-0.2, -0.15) is 0 Å². The SMILES string of the molecule is CN(C(=O)c1c(F)cc(F)cc1F)C1CCCC1CN. The topological polar surface area (TPSA) is 46.3 Å². The zero-order valence-electron chi connectivity index (χ0n) is 11.2. The summed E-state index contributed by atoms with van der Waals surface area (Å²) < 4.78 is 40.1.